The maximum atomic E-state index is 11.7. The number of rotatable bonds is 5. The van der Waals surface area contributed by atoms with E-state index in [1.807, 2.05) is 19.2 Å². The predicted molar refractivity (Wildman–Crippen MR) is 60.5 cm³/mol. The van der Waals surface area contributed by atoms with Gasteiger partial charge in [0.25, 0.3) is 0 Å². The maximum absolute atomic E-state index is 11.7. The first-order chi connectivity index (χ1) is 6.56. The van der Waals surface area contributed by atoms with Gasteiger partial charge in [-0.1, -0.05) is 13.8 Å². The van der Waals surface area contributed by atoms with Gasteiger partial charge in [0, 0.05) is 18.4 Å². The molecule has 0 aliphatic heterocycles. The molecule has 0 amide bonds. The molecule has 1 heterocycles. The van der Waals surface area contributed by atoms with Crippen molar-refractivity contribution in [3.8, 4) is 0 Å². The van der Waals surface area contributed by atoms with Crippen molar-refractivity contribution in [3.63, 3.8) is 0 Å². The topological polar surface area (TPSA) is 43.1 Å². The molecule has 0 fully saturated rings. The van der Waals surface area contributed by atoms with Crippen LogP contribution < -0.4 is 5.73 Å². The summed E-state index contributed by atoms with van der Waals surface area (Å²) >= 11 is 1.67. The van der Waals surface area contributed by atoms with Crippen LogP contribution in [0.4, 0.5) is 0 Å². The highest BCUT2D eigenvalue weighted by atomic mass is 32.1. The molecule has 3 heteroatoms. The Labute approximate surface area is 89.1 Å². The predicted octanol–water partition coefficient (Wildman–Crippen LogP) is 2.23. The molecule has 0 spiro atoms. The maximum Gasteiger partial charge on any atom is 0.140 e. The van der Waals surface area contributed by atoms with Gasteiger partial charge in [0.1, 0.15) is 5.78 Å². The van der Waals surface area contributed by atoms with Gasteiger partial charge in [0.15, 0.2) is 0 Å². The number of Topliss-reactive ketones (excluding diaryl/α,β-unsaturated/α-hetero) is 1. The molecule has 0 radical (unpaired) electrons. The van der Waals surface area contributed by atoms with Crippen molar-refractivity contribution in [1.29, 1.82) is 0 Å². The number of carbonyl (C=O) groups excluding carboxylic acids is 1. The Hall–Kier alpha value is -0.670. The lowest BCUT2D eigenvalue weighted by Gasteiger charge is -2.20. The van der Waals surface area contributed by atoms with E-state index in [1.165, 1.54) is 5.56 Å². The summed E-state index contributed by atoms with van der Waals surface area (Å²) in [7, 11) is 0. The van der Waals surface area contributed by atoms with Gasteiger partial charge in [-0.25, -0.2) is 0 Å². The number of carbonyl (C=O) groups is 1. The molecule has 1 aromatic heterocycles. The summed E-state index contributed by atoms with van der Waals surface area (Å²) in [5.41, 5.74) is 6.42. The summed E-state index contributed by atoms with van der Waals surface area (Å²) in [5.74, 6) is 0.256. The van der Waals surface area contributed by atoms with Crippen LogP contribution in [0.1, 0.15) is 25.8 Å². The zero-order valence-corrected chi connectivity index (χ0v) is 9.56. The van der Waals surface area contributed by atoms with E-state index in [2.05, 4.69) is 11.4 Å². The van der Waals surface area contributed by atoms with E-state index < -0.39 is 0 Å². The fraction of sp³-hybridized carbons (Fsp3) is 0.545. The molecule has 14 heavy (non-hydrogen) atoms. The zero-order valence-electron chi connectivity index (χ0n) is 8.75. The number of hydrogen-bond donors (Lipinski definition) is 1. The third-order valence-electron chi connectivity index (χ3n) is 2.49. The smallest absolute Gasteiger partial charge is 0.140 e. The number of hydrogen-bond acceptors (Lipinski definition) is 3. The summed E-state index contributed by atoms with van der Waals surface area (Å²) in [4.78, 5) is 11.7. The van der Waals surface area contributed by atoms with Crippen LogP contribution in [0, 0.1) is 5.41 Å². The van der Waals surface area contributed by atoms with Crippen molar-refractivity contribution >= 4 is 17.1 Å². The van der Waals surface area contributed by atoms with Gasteiger partial charge >= 0.3 is 0 Å². The van der Waals surface area contributed by atoms with Crippen LogP contribution in [0.25, 0.3) is 0 Å². The summed E-state index contributed by atoms with van der Waals surface area (Å²) in [5, 5.41) is 4.12. The average Bonchev–Trinajstić information content (AvgIpc) is 2.66. The van der Waals surface area contributed by atoms with E-state index in [0.717, 1.165) is 6.42 Å². The van der Waals surface area contributed by atoms with E-state index in [1.54, 1.807) is 11.3 Å². The van der Waals surface area contributed by atoms with Gasteiger partial charge < -0.3 is 5.73 Å². The van der Waals surface area contributed by atoms with Crippen LogP contribution in [0.15, 0.2) is 16.8 Å². The van der Waals surface area contributed by atoms with Gasteiger partial charge in [-0.2, -0.15) is 11.3 Å². The first-order valence-corrected chi connectivity index (χ1v) is 5.75. The molecular formula is C11H17NOS. The molecule has 0 bridgehead atoms. The van der Waals surface area contributed by atoms with Gasteiger partial charge in [-0.15, -0.1) is 0 Å². The highest BCUT2D eigenvalue weighted by Gasteiger charge is 2.24. The van der Waals surface area contributed by atoms with Gasteiger partial charge in [-0.05, 0) is 28.8 Å². The molecule has 0 saturated carbocycles. The van der Waals surface area contributed by atoms with Crippen molar-refractivity contribution in [2.45, 2.75) is 26.7 Å². The molecule has 0 aromatic carbocycles. The van der Waals surface area contributed by atoms with Crippen molar-refractivity contribution < 1.29 is 4.79 Å². The Morgan fingerprint density at radius 2 is 2.29 bits per heavy atom. The van der Waals surface area contributed by atoms with Crippen LogP contribution in [-0.2, 0) is 11.2 Å². The fourth-order valence-electron chi connectivity index (χ4n) is 1.14. The number of ketones is 1. The molecule has 1 aromatic rings. The van der Waals surface area contributed by atoms with E-state index in [-0.39, 0.29) is 11.2 Å². The van der Waals surface area contributed by atoms with Gasteiger partial charge in [0.2, 0.25) is 0 Å². The summed E-state index contributed by atoms with van der Waals surface area (Å²) in [6.45, 7) is 4.24. The minimum atomic E-state index is -0.365. The fourth-order valence-corrected chi connectivity index (χ4v) is 1.85. The first kappa shape index (κ1) is 11.4. The molecular weight excluding hydrogens is 194 g/mol. The second kappa shape index (κ2) is 4.71. The lowest BCUT2D eigenvalue weighted by atomic mass is 9.85. The van der Waals surface area contributed by atoms with Crippen molar-refractivity contribution in [2.75, 3.05) is 6.54 Å². The van der Waals surface area contributed by atoms with Crippen LogP contribution >= 0.6 is 11.3 Å². The SMILES string of the molecule is CC(C)(CN)C(=O)CCc1ccsc1. The minimum absolute atomic E-state index is 0.256. The first-order valence-electron chi connectivity index (χ1n) is 4.81. The highest BCUT2D eigenvalue weighted by Crippen LogP contribution is 2.18. The Kier molecular flexibility index (Phi) is 3.84. The van der Waals surface area contributed by atoms with Crippen molar-refractivity contribution in [2.24, 2.45) is 11.1 Å². The second-order valence-electron chi connectivity index (χ2n) is 4.14. The normalized spacial score (nSPS) is 11.6. The zero-order chi connectivity index (χ0) is 10.6. The van der Waals surface area contributed by atoms with E-state index in [4.69, 9.17) is 5.73 Å². The van der Waals surface area contributed by atoms with Crippen LogP contribution in [0.2, 0.25) is 0 Å². The number of aryl methyl sites for hydroxylation is 1. The Balaban J connectivity index is 2.43. The van der Waals surface area contributed by atoms with Gasteiger partial charge in [0.05, 0.1) is 0 Å². The largest absolute Gasteiger partial charge is 0.329 e. The van der Waals surface area contributed by atoms with E-state index >= 15 is 0 Å². The standard InChI is InChI=1S/C11H17NOS/c1-11(2,8-12)10(13)4-3-9-5-6-14-7-9/h5-7H,3-4,8,12H2,1-2H3. The van der Waals surface area contributed by atoms with Crippen LogP contribution in [-0.4, -0.2) is 12.3 Å². The van der Waals surface area contributed by atoms with E-state index in [0.29, 0.717) is 13.0 Å². The average molecular weight is 211 g/mol. The molecule has 78 valence electrons. The summed E-state index contributed by atoms with van der Waals surface area (Å²) < 4.78 is 0. The molecule has 0 aliphatic rings. The number of nitrogens with two attached hydrogens (primary N) is 1. The number of thiophene rings is 1. The molecule has 2 nitrogen and oxygen atoms in total. The molecule has 0 aliphatic carbocycles. The van der Waals surface area contributed by atoms with Crippen LogP contribution in [0.3, 0.4) is 0 Å². The molecule has 0 atom stereocenters. The summed E-state index contributed by atoms with van der Waals surface area (Å²) in [6, 6.07) is 2.06. The Morgan fingerprint density at radius 1 is 1.57 bits per heavy atom. The third-order valence-corrected chi connectivity index (χ3v) is 3.22. The van der Waals surface area contributed by atoms with Crippen LogP contribution in [0.5, 0.6) is 0 Å². The summed E-state index contributed by atoms with van der Waals surface area (Å²) in [6.07, 6.45) is 1.44. The Morgan fingerprint density at radius 3 is 2.79 bits per heavy atom. The lowest BCUT2D eigenvalue weighted by molar-refractivity contribution is -0.126. The lowest BCUT2D eigenvalue weighted by Crippen LogP contribution is -2.32. The van der Waals surface area contributed by atoms with Gasteiger partial charge in [-0.3, -0.25) is 4.79 Å². The monoisotopic (exact) mass is 211 g/mol. The third kappa shape index (κ3) is 2.93. The van der Waals surface area contributed by atoms with Crippen molar-refractivity contribution in [3.05, 3.63) is 22.4 Å². The van der Waals surface area contributed by atoms with Crippen molar-refractivity contribution in [1.82, 2.24) is 0 Å². The Bertz CT molecular complexity index is 290. The van der Waals surface area contributed by atoms with E-state index in [9.17, 15) is 4.79 Å². The molecule has 1 rings (SSSR count). The molecule has 0 saturated heterocycles. The minimum Gasteiger partial charge on any atom is -0.329 e. The molecule has 0 unspecified atom stereocenters. The second-order valence-corrected chi connectivity index (χ2v) is 4.92. The quantitative estimate of drug-likeness (QED) is 0.811. The molecule has 2 N–H and O–H groups in total. The highest BCUT2D eigenvalue weighted by molar-refractivity contribution is 7.07.